The molecule has 1 heterocycles. The fraction of sp³-hybridized carbons (Fsp3) is 0.0588. The second kappa shape index (κ2) is 6.07. The normalized spacial score (nSPS) is 10.6. The molecule has 5 heteroatoms. The van der Waals surface area contributed by atoms with Gasteiger partial charge < -0.3 is 9.73 Å². The van der Waals surface area contributed by atoms with Crippen LogP contribution < -0.4 is 10.9 Å². The lowest BCUT2D eigenvalue weighted by atomic mass is 10.1. The Morgan fingerprint density at radius 2 is 1.86 bits per heavy atom. The van der Waals surface area contributed by atoms with Crippen LogP contribution in [0.3, 0.4) is 0 Å². The van der Waals surface area contributed by atoms with Crippen molar-refractivity contribution in [2.75, 3.05) is 11.6 Å². The minimum atomic E-state index is -0.448. The molecule has 0 saturated heterocycles. The molecule has 0 spiro atoms. The average Bonchev–Trinajstić information content (AvgIpc) is 2.55. The van der Waals surface area contributed by atoms with Gasteiger partial charge in [0.15, 0.2) is 0 Å². The summed E-state index contributed by atoms with van der Waals surface area (Å²) in [5.74, 6) is -0.307. The monoisotopic (exact) mass is 311 g/mol. The molecule has 3 aromatic rings. The van der Waals surface area contributed by atoms with Crippen molar-refractivity contribution in [2.45, 2.75) is 4.90 Å². The van der Waals surface area contributed by atoms with Crippen LogP contribution in [0, 0.1) is 0 Å². The average molecular weight is 311 g/mol. The van der Waals surface area contributed by atoms with E-state index in [-0.39, 0.29) is 5.91 Å². The molecule has 4 nitrogen and oxygen atoms in total. The fourth-order valence-electron chi connectivity index (χ4n) is 2.21. The summed E-state index contributed by atoms with van der Waals surface area (Å²) in [5, 5.41) is 3.81. The number of hydrogen-bond acceptors (Lipinski definition) is 4. The highest BCUT2D eigenvalue weighted by molar-refractivity contribution is 7.98. The number of amides is 1. The van der Waals surface area contributed by atoms with Crippen molar-refractivity contribution >= 4 is 34.1 Å². The largest absolute Gasteiger partial charge is 0.430 e. The Kier molecular flexibility index (Phi) is 3.98. The summed E-state index contributed by atoms with van der Waals surface area (Å²) in [4.78, 5) is 25.2. The van der Waals surface area contributed by atoms with Gasteiger partial charge in [-0.2, -0.15) is 0 Å². The smallest absolute Gasteiger partial charge is 0.343 e. The number of fused-ring (bicyclic) bond motifs is 1. The van der Waals surface area contributed by atoms with E-state index in [9.17, 15) is 9.59 Å². The molecule has 0 bridgehead atoms. The molecule has 1 N–H and O–H groups in total. The van der Waals surface area contributed by atoms with Crippen molar-refractivity contribution in [2.24, 2.45) is 0 Å². The summed E-state index contributed by atoms with van der Waals surface area (Å²) < 4.78 is 4.95. The molecule has 3 rings (SSSR count). The Morgan fingerprint density at radius 3 is 2.64 bits per heavy atom. The fourth-order valence-corrected chi connectivity index (χ4v) is 2.67. The molecular weight excluding hydrogens is 298 g/mol. The van der Waals surface area contributed by atoms with E-state index in [1.165, 1.54) is 6.26 Å². The zero-order chi connectivity index (χ0) is 15.5. The van der Waals surface area contributed by atoms with Crippen LogP contribution in [0.4, 0.5) is 5.69 Å². The maximum atomic E-state index is 12.5. The van der Waals surface area contributed by atoms with Crippen LogP contribution in [-0.2, 0) is 0 Å². The Morgan fingerprint density at radius 1 is 1.09 bits per heavy atom. The number of benzene rings is 2. The molecule has 0 unspecified atom stereocenters. The molecule has 0 aliphatic heterocycles. The lowest BCUT2D eigenvalue weighted by Crippen LogP contribution is -2.14. The highest BCUT2D eigenvalue weighted by Gasteiger charge is 2.13. The van der Waals surface area contributed by atoms with Crippen molar-refractivity contribution in [1.82, 2.24) is 0 Å². The minimum absolute atomic E-state index is 0.307. The first-order valence-corrected chi connectivity index (χ1v) is 7.87. The number of nitrogens with one attached hydrogen (secondary N) is 1. The Hall–Kier alpha value is -2.53. The van der Waals surface area contributed by atoms with Crippen LogP contribution >= 0.6 is 11.8 Å². The molecule has 1 aromatic heterocycles. The summed E-state index contributed by atoms with van der Waals surface area (Å²) in [7, 11) is 0. The summed E-state index contributed by atoms with van der Waals surface area (Å²) in [6, 6.07) is 14.5. The lowest BCUT2D eigenvalue weighted by Gasteiger charge is -2.08. The summed E-state index contributed by atoms with van der Waals surface area (Å²) >= 11 is 1.60. The van der Waals surface area contributed by atoms with Gasteiger partial charge in [0.2, 0.25) is 0 Å². The van der Waals surface area contributed by atoms with E-state index in [0.29, 0.717) is 22.0 Å². The number of anilines is 1. The van der Waals surface area contributed by atoms with Crippen LogP contribution in [0.25, 0.3) is 10.8 Å². The van der Waals surface area contributed by atoms with Crippen molar-refractivity contribution in [3.05, 3.63) is 70.8 Å². The van der Waals surface area contributed by atoms with Gasteiger partial charge in [0.05, 0.1) is 10.9 Å². The number of carbonyl (C=O) groups is 1. The van der Waals surface area contributed by atoms with Gasteiger partial charge in [-0.1, -0.05) is 24.3 Å². The highest BCUT2D eigenvalue weighted by Crippen LogP contribution is 2.21. The van der Waals surface area contributed by atoms with Gasteiger partial charge >= 0.3 is 5.63 Å². The maximum absolute atomic E-state index is 12.5. The maximum Gasteiger partial charge on any atom is 0.343 e. The lowest BCUT2D eigenvalue weighted by molar-refractivity contribution is 0.102. The summed E-state index contributed by atoms with van der Waals surface area (Å²) in [6.07, 6.45) is 3.18. The minimum Gasteiger partial charge on any atom is -0.430 e. The third-order valence-electron chi connectivity index (χ3n) is 3.29. The molecule has 22 heavy (non-hydrogen) atoms. The van der Waals surface area contributed by atoms with E-state index >= 15 is 0 Å². The number of carbonyl (C=O) groups excluding carboxylic acids is 1. The Bertz CT molecular complexity index is 902. The number of rotatable bonds is 3. The Balaban J connectivity index is 1.99. The molecule has 0 aliphatic carbocycles. The van der Waals surface area contributed by atoms with Gasteiger partial charge in [-0.25, -0.2) is 4.79 Å². The van der Waals surface area contributed by atoms with Gasteiger partial charge in [-0.3, -0.25) is 4.79 Å². The second-order valence-electron chi connectivity index (χ2n) is 4.67. The summed E-state index contributed by atoms with van der Waals surface area (Å²) in [6.45, 7) is 0. The predicted molar refractivity (Wildman–Crippen MR) is 88.7 cm³/mol. The van der Waals surface area contributed by atoms with Crippen molar-refractivity contribution < 1.29 is 9.21 Å². The predicted octanol–water partition coefficient (Wildman–Crippen LogP) is 3.77. The molecule has 0 saturated carbocycles. The topological polar surface area (TPSA) is 59.3 Å². The van der Waals surface area contributed by atoms with Gasteiger partial charge in [0, 0.05) is 16.0 Å². The van der Waals surface area contributed by atoms with Crippen LogP contribution in [0.15, 0.2) is 68.9 Å². The molecule has 1 amide bonds. The third kappa shape index (κ3) is 2.76. The van der Waals surface area contributed by atoms with Gasteiger partial charge in [-0.05, 0) is 30.5 Å². The first-order valence-electron chi connectivity index (χ1n) is 6.65. The van der Waals surface area contributed by atoms with Crippen molar-refractivity contribution in [3.63, 3.8) is 0 Å². The van der Waals surface area contributed by atoms with Gasteiger partial charge in [0.25, 0.3) is 5.91 Å². The van der Waals surface area contributed by atoms with Gasteiger partial charge in [0.1, 0.15) is 6.26 Å². The Labute approximate surface area is 131 Å². The zero-order valence-corrected chi connectivity index (χ0v) is 12.6. The zero-order valence-electron chi connectivity index (χ0n) is 11.8. The first kappa shape index (κ1) is 14.4. The van der Waals surface area contributed by atoms with Crippen molar-refractivity contribution in [3.8, 4) is 0 Å². The number of thioether (sulfide) groups is 1. The van der Waals surface area contributed by atoms with Crippen LogP contribution in [0.1, 0.15) is 10.4 Å². The molecule has 0 aliphatic rings. The van der Waals surface area contributed by atoms with E-state index in [0.717, 1.165) is 4.90 Å². The SMILES string of the molecule is CSc1cccc(NC(=O)c2coc(=O)c3ccccc23)c1. The van der Waals surface area contributed by atoms with Crippen LogP contribution in [0.2, 0.25) is 0 Å². The molecule has 110 valence electrons. The molecule has 0 radical (unpaired) electrons. The first-order chi connectivity index (χ1) is 10.7. The number of hydrogen-bond donors (Lipinski definition) is 1. The van der Waals surface area contributed by atoms with Crippen LogP contribution in [0.5, 0.6) is 0 Å². The summed E-state index contributed by atoms with van der Waals surface area (Å²) in [5.41, 5.74) is 0.591. The van der Waals surface area contributed by atoms with E-state index in [1.807, 2.05) is 30.5 Å². The van der Waals surface area contributed by atoms with E-state index in [2.05, 4.69) is 5.32 Å². The second-order valence-corrected chi connectivity index (χ2v) is 5.55. The van der Waals surface area contributed by atoms with E-state index in [4.69, 9.17) is 4.42 Å². The van der Waals surface area contributed by atoms with E-state index < -0.39 is 5.63 Å². The molecular formula is C17H13NO3S. The quantitative estimate of drug-likeness (QED) is 0.748. The standard InChI is InChI=1S/C17H13NO3S/c1-22-12-6-4-5-11(9-12)18-16(19)15-10-21-17(20)14-8-3-2-7-13(14)15/h2-10H,1H3,(H,18,19). The van der Waals surface area contributed by atoms with Gasteiger partial charge in [-0.15, -0.1) is 11.8 Å². The van der Waals surface area contributed by atoms with E-state index in [1.54, 1.807) is 36.0 Å². The third-order valence-corrected chi connectivity index (χ3v) is 4.02. The molecule has 0 atom stereocenters. The van der Waals surface area contributed by atoms with Crippen molar-refractivity contribution in [1.29, 1.82) is 0 Å². The van der Waals surface area contributed by atoms with Crippen LogP contribution in [-0.4, -0.2) is 12.2 Å². The molecule has 0 fully saturated rings. The highest BCUT2D eigenvalue weighted by atomic mass is 32.2. The molecule has 2 aromatic carbocycles.